The molecule has 0 saturated carbocycles. The molecule has 106 valence electrons. The van der Waals surface area contributed by atoms with E-state index in [4.69, 9.17) is 0 Å². The Labute approximate surface area is 113 Å². The van der Waals surface area contributed by atoms with E-state index in [0.29, 0.717) is 6.42 Å². The van der Waals surface area contributed by atoms with Gasteiger partial charge in [-0.1, -0.05) is 62.3 Å². The molecule has 0 N–H and O–H groups in total. The van der Waals surface area contributed by atoms with Gasteiger partial charge in [0.05, 0.1) is 0 Å². The van der Waals surface area contributed by atoms with Gasteiger partial charge in [0.25, 0.3) is 0 Å². The molecule has 2 nitrogen and oxygen atoms in total. The average Bonchev–Trinajstić information content (AvgIpc) is 2.11. The van der Waals surface area contributed by atoms with Gasteiger partial charge >= 0.3 is 0 Å². The highest BCUT2D eigenvalue weighted by Gasteiger charge is 2.39. The molecular weight excluding hydrogens is 224 g/mol. The molecule has 0 aromatic heterocycles. The Hall–Kier alpha value is -0.660. The number of carbonyl (C=O) groups excluding carboxylic acids is 2. The first-order chi connectivity index (χ1) is 7.69. The van der Waals surface area contributed by atoms with Crippen molar-refractivity contribution in [3.63, 3.8) is 0 Å². The first-order valence-corrected chi connectivity index (χ1v) is 6.79. The molecule has 1 unspecified atom stereocenters. The van der Waals surface area contributed by atoms with Gasteiger partial charge in [-0.25, -0.2) is 0 Å². The lowest BCUT2D eigenvalue weighted by Crippen LogP contribution is -2.38. The maximum Gasteiger partial charge on any atom is 0.143 e. The molecule has 0 aliphatic rings. The quantitative estimate of drug-likeness (QED) is 0.751. The summed E-state index contributed by atoms with van der Waals surface area (Å²) in [6.45, 7) is 17.5. The predicted octanol–water partition coefficient (Wildman–Crippen LogP) is 4.27. The molecule has 0 amide bonds. The zero-order chi connectivity index (χ0) is 14.9. The van der Waals surface area contributed by atoms with Crippen LogP contribution in [0, 0.1) is 22.2 Å². The Morgan fingerprint density at radius 3 is 1.50 bits per heavy atom. The van der Waals surface area contributed by atoms with E-state index in [0.717, 1.165) is 0 Å². The summed E-state index contributed by atoms with van der Waals surface area (Å²) in [7, 11) is 0. The van der Waals surface area contributed by atoms with Crippen molar-refractivity contribution in [3.05, 3.63) is 0 Å². The zero-order valence-electron chi connectivity index (χ0n) is 13.6. The molecule has 0 bridgehead atoms. The molecule has 0 fully saturated rings. The average molecular weight is 254 g/mol. The normalized spacial score (nSPS) is 15.4. The van der Waals surface area contributed by atoms with Gasteiger partial charge in [0, 0.05) is 22.2 Å². The van der Waals surface area contributed by atoms with Crippen LogP contribution in [0.3, 0.4) is 0 Å². The fourth-order valence-electron chi connectivity index (χ4n) is 2.71. The molecule has 0 heterocycles. The van der Waals surface area contributed by atoms with Gasteiger partial charge in [0.15, 0.2) is 0 Å². The second-order valence-corrected chi connectivity index (χ2v) is 8.18. The number of hydrogen-bond donors (Lipinski definition) is 0. The van der Waals surface area contributed by atoms with Crippen LogP contribution < -0.4 is 0 Å². The van der Waals surface area contributed by atoms with Crippen LogP contribution in [0.2, 0.25) is 0 Å². The highest BCUT2D eigenvalue weighted by molar-refractivity contribution is 5.90. The summed E-state index contributed by atoms with van der Waals surface area (Å²) in [5.74, 6) is 0.382. The smallest absolute Gasteiger partial charge is 0.143 e. The van der Waals surface area contributed by atoms with E-state index < -0.39 is 5.41 Å². The molecule has 18 heavy (non-hydrogen) atoms. The predicted molar refractivity (Wildman–Crippen MR) is 76.5 cm³/mol. The number of rotatable bonds is 4. The van der Waals surface area contributed by atoms with Crippen molar-refractivity contribution in [1.29, 1.82) is 0 Å². The molecule has 0 spiro atoms. The minimum absolute atomic E-state index is 0.0775. The summed E-state index contributed by atoms with van der Waals surface area (Å²) in [4.78, 5) is 24.6. The molecule has 0 rings (SSSR count). The summed E-state index contributed by atoms with van der Waals surface area (Å²) in [6, 6.07) is 0. The topological polar surface area (TPSA) is 34.1 Å². The first kappa shape index (κ1) is 17.3. The van der Waals surface area contributed by atoms with Crippen molar-refractivity contribution in [1.82, 2.24) is 0 Å². The Kier molecular flexibility index (Phi) is 4.96. The van der Waals surface area contributed by atoms with Gasteiger partial charge in [-0.15, -0.1) is 0 Å². The zero-order valence-corrected chi connectivity index (χ0v) is 13.6. The van der Waals surface area contributed by atoms with Crippen LogP contribution in [0.15, 0.2) is 0 Å². The fourth-order valence-corrected chi connectivity index (χ4v) is 2.71. The van der Waals surface area contributed by atoms with Crippen LogP contribution in [0.5, 0.6) is 0 Å². The van der Waals surface area contributed by atoms with Gasteiger partial charge in [-0.3, -0.25) is 9.59 Å². The van der Waals surface area contributed by atoms with E-state index >= 15 is 0 Å². The number of Topliss-reactive ketones (excluding diaryl/α,β-unsaturated/α-hetero) is 2. The molecule has 0 aliphatic heterocycles. The van der Waals surface area contributed by atoms with Crippen molar-refractivity contribution < 1.29 is 9.59 Å². The van der Waals surface area contributed by atoms with Crippen LogP contribution in [-0.4, -0.2) is 11.6 Å². The maximum atomic E-state index is 12.4. The van der Waals surface area contributed by atoms with Gasteiger partial charge in [-0.05, 0) is 6.42 Å². The molecule has 2 heteroatoms. The van der Waals surface area contributed by atoms with E-state index in [9.17, 15) is 9.59 Å². The molecule has 0 aliphatic carbocycles. The van der Waals surface area contributed by atoms with Gasteiger partial charge in [-0.2, -0.15) is 0 Å². The van der Waals surface area contributed by atoms with Crippen molar-refractivity contribution >= 4 is 11.6 Å². The molecule has 0 aromatic carbocycles. The van der Waals surface area contributed by atoms with E-state index in [-0.39, 0.29) is 28.3 Å². The number of hydrogen-bond acceptors (Lipinski definition) is 2. The summed E-state index contributed by atoms with van der Waals surface area (Å²) in [5.41, 5.74) is -1.13. The molecule has 1 atom stereocenters. The summed E-state index contributed by atoms with van der Waals surface area (Å²) < 4.78 is 0. The monoisotopic (exact) mass is 254 g/mol. The molecule has 0 aromatic rings. The van der Waals surface area contributed by atoms with Crippen molar-refractivity contribution in [3.8, 4) is 0 Å². The van der Waals surface area contributed by atoms with E-state index in [1.54, 1.807) is 0 Å². The lowest BCUT2D eigenvalue weighted by molar-refractivity contribution is -0.138. The van der Waals surface area contributed by atoms with Gasteiger partial charge in [0.2, 0.25) is 0 Å². The Morgan fingerprint density at radius 1 is 0.833 bits per heavy atom. The summed E-state index contributed by atoms with van der Waals surface area (Å²) in [6.07, 6.45) is 0.624. The Morgan fingerprint density at radius 2 is 1.22 bits per heavy atom. The van der Waals surface area contributed by atoms with Gasteiger partial charge < -0.3 is 0 Å². The van der Waals surface area contributed by atoms with Crippen molar-refractivity contribution in [2.45, 2.75) is 68.7 Å². The third-order valence-corrected chi connectivity index (χ3v) is 3.30. The minimum atomic E-state index is -0.446. The largest absolute Gasteiger partial charge is 0.299 e. The fraction of sp³-hybridized carbons (Fsp3) is 0.875. The third-order valence-electron chi connectivity index (χ3n) is 3.30. The van der Waals surface area contributed by atoms with Crippen LogP contribution in [-0.2, 0) is 9.59 Å². The standard InChI is InChI=1S/C16H30O2/c1-11(12(17)14(2,3)4)10-16(8,9)13(18)15(5,6)7/h11H,10H2,1-9H3. The SMILES string of the molecule is CC(CC(C)(C)C(=O)C(C)(C)C)C(=O)C(C)(C)C. The van der Waals surface area contributed by atoms with Gasteiger partial charge in [0.1, 0.15) is 11.6 Å². The Bertz CT molecular complexity index is 324. The lowest BCUT2D eigenvalue weighted by atomic mass is 9.68. The molecule has 0 saturated heterocycles. The van der Waals surface area contributed by atoms with E-state index in [1.807, 2.05) is 62.3 Å². The molecular formula is C16H30O2. The second kappa shape index (κ2) is 5.14. The summed E-state index contributed by atoms with van der Waals surface area (Å²) in [5, 5.41) is 0. The highest BCUT2D eigenvalue weighted by atomic mass is 16.1. The maximum absolute atomic E-state index is 12.4. The number of carbonyl (C=O) groups is 2. The van der Waals surface area contributed by atoms with Crippen LogP contribution >= 0.6 is 0 Å². The lowest BCUT2D eigenvalue weighted by Gasteiger charge is -2.34. The van der Waals surface area contributed by atoms with Crippen LogP contribution in [0.4, 0.5) is 0 Å². The first-order valence-electron chi connectivity index (χ1n) is 6.79. The van der Waals surface area contributed by atoms with Crippen LogP contribution in [0.1, 0.15) is 68.7 Å². The Balaban J connectivity index is 4.90. The summed E-state index contributed by atoms with van der Waals surface area (Å²) >= 11 is 0. The molecule has 0 radical (unpaired) electrons. The number of ketones is 2. The second-order valence-electron chi connectivity index (χ2n) is 8.18. The third kappa shape index (κ3) is 4.55. The van der Waals surface area contributed by atoms with E-state index in [1.165, 1.54) is 0 Å². The van der Waals surface area contributed by atoms with E-state index in [2.05, 4.69) is 0 Å². The minimum Gasteiger partial charge on any atom is -0.299 e. The van der Waals surface area contributed by atoms with Crippen molar-refractivity contribution in [2.75, 3.05) is 0 Å². The highest BCUT2D eigenvalue weighted by Crippen LogP contribution is 2.36. The van der Waals surface area contributed by atoms with Crippen LogP contribution in [0.25, 0.3) is 0 Å². The van der Waals surface area contributed by atoms with Crippen molar-refractivity contribution in [2.24, 2.45) is 22.2 Å².